The van der Waals surface area contributed by atoms with Crippen molar-refractivity contribution < 1.29 is 0 Å². The summed E-state index contributed by atoms with van der Waals surface area (Å²) < 4.78 is 0. The smallest absolute Gasteiger partial charge is 0.122 e. The summed E-state index contributed by atoms with van der Waals surface area (Å²) in [6, 6.07) is 3.82. The standard InChI is InChI=1S/C12H18N4S/c1-16-5-4-9(8-16)6-14-10-2-3-11(12(13)17)15-7-10/h2-3,7,9,14H,4-6,8H2,1H3,(H2,13,17). The first kappa shape index (κ1) is 12.3. The number of aromatic nitrogens is 1. The van der Waals surface area contributed by atoms with Gasteiger partial charge in [0.25, 0.3) is 0 Å². The van der Waals surface area contributed by atoms with E-state index in [2.05, 4.69) is 22.2 Å². The average Bonchev–Trinajstić information content (AvgIpc) is 2.73. The van der Waals surface area contributed by atoms with E-state index in [1.54, 1.807) is 6.20 Å². The maximum absolute atomic E-state index is 5.50. The summed E-state index contributed by atoms with van der Waals surface area (Å²) in [6.45, 7) is 3.37. The molecule has 5 heteroatoms. The molecule has 1 saturated heterocycles. The third-order valence-corrected chi connectivity index (χ3v) is 3.31. The minimum atomic E-state index is 0.342. The number of nitrogens with zero attached hydrogens (tertiary/aromatic N) is 2. The molecule has 1 aliphatic rings. The van der Waals surface area contributed by atoms with Gasteiger partial charge in [-0.3, -0.25) is 4.98 Å². The number of nitrogens with two attached hydrogens (primary N) is 1. The Kier molecular flexibility index (Phi) is 3.91. The van der Waals surface area contributed by atoms with E-state index in [0.29, 0.717) is 10.7 Å². The highest BCUT2D eigenvalue weighted by Gasteiger charge is 2.18. The van der Waals surface area contributed by atoms with E-state index in [1.165, 1.54) is 19.5 Å². The molecule has 2 heterocycles. The highest BCUT2D eigenvalue weighted by atomic mass is 32.1. The van der Waals surface area contributed by atoms with E-state index >= 15 is 0 Å². The van der Waals surface area contributed by atoms with Crippen LogP contribution in [0.15, 0.2) is 18.3 Å². The van der Waals surface area contributed by atoms with Gasteiger partial charge in [0.15, 0.2) is 0 Å². The van der Waals surface area contributed by atoms with Gasteiger partial charge in [-0.2, -0.15) is 0 Å². The molecule has 0 spiro atoms. The summed E-state index contributed by atoms with van der Waals surface area (Å²) in [7, 11) is 2.17. The quantitative estimate of drug-likeness (QED) is 0.783. The number of hydrogen-bond donors (Lipinski definition) is 2. The Morgan fingerprint density at radius 2 is 2.47 bits per heavy atom. The zero-order valence-electron chi connectivity index (χ0n) is 10.0. The van der Waals surface area contributed by atoms with Crippen LogP contribution in [0.4, 0.5) is 5.69 Å². The molecular weight excluding hydrogens is 232 g/mol. The van der Waals surface area contributed by atoms with Crippen LogP contribution in [0.25, 0.3) is 0 Å². The second-order valence-corrected chi connectivity index (χ2v) is 5.03. The van der Waals surface area contributed by atoms with Crippen molar-refractivity contribution in [3.05, 3.63) is 24.0 Å². The molecule has 3 N–H and O–H groups in total. The first-order valence-corrected chi connectivity index (χ1v) is 6.24. The Balaban J connectivity index is 1.85. The fourth-order valence-electron chi connectivity index (χ4n) is 2.10. The second kappa shape index (κ2) is 5.42. The zero-order chi connectivity index (χ0) is 12.3. The van der Waals surface area contributed by atoms with Crippen molar-refractivity contribution >= 4 is 22.9 Å². The number of thiocarbonyl (C=S) groups is 1. The van der Waals surface area contributed by atoms with E-state index in [4.69, 9.17) is 18.0 Å². The van der Waals surface area contributed by atoms with Crippen LogP contribution in [0.2, 0.25) is 0 Å². The average molecular weight is 250 g/mol. The van der Waals surface area contributed by atoms with Crippen LogP contribution in [-0.4, -0.2) is 41.6 Å². The van der Waals surface area contributed by atoms with E-state index in [-0.39, 0.29) is 0 Å². The summed E-state index contributed by atoms with van der Waals surface area (Å²) in [6.07, 6.45) is 3.05. The van der Waals surface area contributed by atoms with Gasteiger partial charge in [-0.15, -0.1) is 0 Å². The molecule has 0 aliphatic carbocycles. The number of likely N-dealkylation sites (tertiary alicyclic amines) is 1. The molecule has 0 radical (unpaired) electrons. The first-order valence-electron chi connectivity index (χ1n) is 5.83. The Bertz CT molecular complexity index is 390. The predicted octanol–water partition coefficient (Wildman–Crippen LogP) is 1.08. The molecule has 0 aromatic carbocycles. The molecule has 4 nitrogen and oxygen atoms in total. The highest BCUT2D eigenvalue weighted by molar-refractivity contribution is 7.80. The van der Waals surface area contributed by atoms with Gasteiger partial charge in [0.2, 0.25) is 0 Å². The van der Waals surface area contributed by atoms with Crippen molar-refractivity contribution in [3.63, 3.8) is 0 Å². The number of hydrogen-bond acceptors (Lipinski definition) is 4. The molecule has 1 aliphatic heterocycles. The topological polar surface area (TPSA) is 54.2 Å². The normalized spacial score (nSPS) is 20.4. The van der Waals surface area contributed by atoms with Crippen molar-refractivity contribution in [1.29, 1.82) is 0 Å². The van der Waals surface area contributed by atoms with Gasteiger partial charge in [-0.25, -0.2) is 0 Å². The largest absolute Gasteiger partial charge is 0.388 e. The lowest BCUT2D eigenvalue weighted by Gasteiger charge is -2.12. The maximum atomic E-state index is 5.50. The molecular formula is C12H18N4S. The molecule has 0 bridgehead atoms. The van der Waals surface area contributed by atoms with Crippen molar-refractivity contribution in [2.45, 2.75) is 6.42 Å². The van der Waals surface area contributed by atoms with Gasteiger partial charge < -0.3 is 16.0 Å². The van der Waals surface area contributed by atoms with Crippen LogP contribution >= 0.6 is 12.2 Å². The third-order valence-electron chi connectivity index (χ3n) is 3.10. The summed E-state index contributed by atoms with van der Waals surface area (Å²) >= 11 is 4.86. The van der Waals surface area contributed by atoms with Crippen LogP contribution in [0.3, 0.4) is 0 Å². The minimum Gasteiger partial charge on any atom is -0.388 e. The lowest BCUT2D eigenvalue weighted by atomic mass is 10.1. The summed E-state index contributed by atoms with van der Waals surface area (Å²) in [4.78, 5) is 6.90. The van der Waals surface area contributed by atoms with Crippen molar-refractivity contribution in [2.75, 3.05) is 32.0 Å². The number of nitrogens with one attached hydrogen (secondary N) is 1. The Labute approximate surface area is 107 Å². The SMILES string of the molecule is CN1CCC(CNc2ccc(C(N)=S)nc2)C1. The molecule has 0 saturated carbocycles. The van der Waals surface area contributed by atoms with E-state index in [0.717, 1.165) is 18.2 Å². The van der Waals surface area contributed by atoms with E-state index in [9.17, 15) is 0 Å². The monoisotopic (exact) mass is 250 g/mol. The summed E-state index contributed by atoms with van der Waals surface area (Å²) in [5.74, 6) is 0.732. The second-order valence-electron chi connectivity index (χ2n) is 4.59. The molecule has 92 valence electrons. The van der Waals surface area contributed by atoms with E-state index < -0.39 is 0 Å². The molecule has 1 aromatic rings. The fraction of sp³-hybridized carbons (Fsp3) is 0.500. The molecule has 2 rings (SSSR count). The molecule has 17 heavy (non-hydrogen) atoms. The minimum absolute atomic E-state index is 0.342. The van der Waals surface area contributed by atoms with Gasteiger partial charge >= 0.3 is 0 Å². The van der Waals surface area contributed by atoms with Crippen LogP contribution in [0.1, 0.15) is 12.1 Å². The maximum Gasteiger partial charge on any atom is 0.122 e. The number of anilines is 1. The van der Waals surface area contributed by atoms with Gasteiger partial charge in [0.05, 0.1) is 17.6 Å². The van der Waals surface area contributed by atoms with Gasteiger partial charge in [-0.05, 0) is 38.1 Å². The zero-order valence-corrected chi connectivity index (χ0v) is 10.8. The Morgan fingerprint density at radius 3 is 3.00 bits per heavy atom. The molecule has 1 fully saturated rings. The number of pyridine rings is 1. The lowest BCUT2D eigenvalue weighted by molar-refractivity contribution is 0.399. The lowest BCUT2D eigenvalue weighted by Crippen LogP contribution is -2.19. The summed E-state index contributed by atoms with van der Waals surface area (Å²) in [5.41, 5.74) is 7.20. The molecule has 1 aromatic heterocycles. The van der Waals surface area contributed by atoms with Crippen molar-refractivity contribution in [2.24, 2.45) is 11.7 Å². The van der Waals surface area contributed by atoms with Crippen LogP contribution in [0.5, 0.6) is 0 Å². The van der Waals surface area contributed by atoms with E-state index in [1.807, 2.05) is 12.1 Å². The van der Waals surface area contributed by atoms with Gasteiger partial charge in [0, 0.05) is 13.1 Å². The first-order chi connectivity index (χ1) is 8.15. The number of rotatable bonds is 4. The van der Waals surface area contributed by atoms with Crippen LogP contribution in [0, 0.1) is 5.92 Å². The van der Waals surface area contributed by atoms with Gasteiger partial charge in [-0.1, -0.05) is 12.2 Å². The van der Waals surface area contributed by atoms with Crippen molar-refractivity contribution in [1.82, 2.24) is 9.88 Å². The fourth-order valence-corrected chi connectivity index (χ4v) is 2.22. The summed E-state index contributed by atoms with van der Waals surface area (Å²) in [5, 5.41) is 3.40. The van der Waals surface area contributed by atoms with Crippen molar-refractivity contribution in [3.8, 4) is 0 Å². The molecule has 1 unspecified atom stereocenters. The van der Waals surface area contributed by atoms with Gasteiger partial charge in [0.1, 0.15) is 4.99 Å². The molecule has 1 atom stereocenters. The Hall–Kier alpha value is -1.20. The predicted molar refractivity (Wildman–Crippen MR) is 74.2 cm³/mol. The van der Waals surface area contributed by atoms with Crippen LogP contribution < -0.4 is 11.1 Å². The third kappa shape index (κ3) is 3.38. The highest BCUT2D eigenvalue weighted by Crippen LogP contribution is 2.15. The Morgan fingerprint density at radius 1 is 1.65 bits per heavy atom. The molecule has 0 amide bonds. The van der Waals surface area contributed by atoms with Crippen LogP contribution in [-0.2, 0) is 0 Å².